The number of amides is 2. The van der Waals surface area contributed by atoms with E-state index in [4.69, 9.17) is 9.47 Å². The molecule has 0 aliphatic carbocycles. The number of benzene rings is 2. The van der Waals surface area contributed by atoms with Gasteiger partial charge in [-0.3, -0.25) is 9.59 Å². The Balaban J connectivity index is 1.54. The molecule has 1 fully saturated rings. The van der Waals surface area contributed by atoms with Gasteiger partial charge in [0.1, 0.15) is 0 Å². The maximum Gasteiger partial charge on any atom is 0.227 e. The van der Waals surface area contributed by atoms with E-state index in [-0.39, 0.29) is 24.2 Å². The minimum atomic E-state index is -0.276. The van der Waals surface area contributed by atoms with Gasteiger partial charge in [0.05, 0.1) is 20.1 Å². The number of likely N-dealkylation sites (N-methyl/N-ethyl adjacent to an activating group) is 1. The van der Waals surface area contributed by atoms with Crippen molar-refractivity contribution in [3.8, 4) is 11.5 Å². The van der Waals surface area contributed by atoms with Crippen molar-refractivity contribution in [1.82, 2.24) is 9.80 Å². The molecule has 1 aliphatic heterocycles. The van der Waals surface area contributed by atoms with Crippen LogP contribution in [-0.2, 0) is 22.6 Å². The van der Waals surface area contributed by atoms with Crippen LogP contribution in [0.25, 0.3) is 0 Å². The third-order valence-corrected chi connectivity index (χ3v) is 5.34. The van der Waals surface area contributed by atoms with Gasteiger partial charge in [0.25, 0.3) is 0 Å². The van der Waals surface area contributed by atoms with Gasteiger partial charge in [-0.15, -0.1) is 0 Å². The maximum absolute atomic E-state index is 12.8. The first-order valence-electron chi connectivity index (χ1n) is 9.79. The third kappa shape index (κ3) is 5.08. The number of methoxy groups -OCH3 is 2. The Morgan fingerprint density at radius 1 is 1.07 bits per heavy atom. The highest BCUT2D eigenvalue weighted by atomic mass is 16.5. The molecule has 0 aromatic heterocycles. The summed E-state index contributed by atoms with van der Waals surface area (Å²) in [5, 5.41) is 0. The fourth-order valence-electron chi connectivity index (χ4n) is 3.65. The number of rotatable bonds is 8. The lowest BCUT2D eigenvalue weighted by Gasteiger charge is -2.22. The van der Waals surface area contributed by atoms with Crippen LogP contribution in [0.5, 0.6) is 11.5 Å². The summed E-state index contributed by atoms with van der Waals surface area (Å²) in [6.45, 7) is 1.61. The van der Waals surface area contributed by atoms with Gasteiger partial charge >= 0.3 is 0 Å². The molecule has 0 radical (unpaired) electrons. The summed E-state index contributed by atoms with van der Waals surface area (Å²) >= 11 is 0. The van der Waals surface area contributed by atoms with Crippen LogP contribution in [-0.4, -0.2) is 56.0 Å². The van der Waals surface area contributed by atoms with Crippen LogP contribution >= 0.6 is 0 Å². The molecule has 1 saturated heterocycles. The van der Waals surface area contributed by atoms with Gasteiger partial charge in [0, 0.05) is 33.1 Å². The molecular formula is C23H28N2O4. The highest BCUT2D eigenvalue weighted by molar-refractivity contribution is 5.89. The monoisotopic (exact) mass is 396 g/mol. The van der Waals surface area contributed by atoms with Crippen molar-refractivity contribution < 1.29 is 19.1 Å². The van der Waals surface area contributed by atoms with Crippen molar-refractivity contribution in [2.45, 2.75) is 19.4 Å². The van der Waals surface area contributed by atoms with Gasteiger partial charge in [-0.2, -0.15) is 0 Å². The molecule has 6 heteroatoms. The number of carbonyl (C=O) groups excluding carboxylic acids is 2. The van der Waals surface area contributed by atoms with Crippen molar-refractivity contribution in [1.29, 1.82) is 0 Å². The Kier molecular flexibility index (Phi) is 6.75. The van der Waals surface area contributed by atoms with Crippen LogP contribution in [0.2, 0.25) is 0 Å². The molecule has 2 aromatic rings. The smallest absolute Gasteiger partial charge is 0.227 e. The van der Waals surface area contributed by atoms with Gasteiger partial charge in [-0.25, -0.2) is 0 Å². The topological polar surface area (TPSA) is 59.1 Å². The van der Waals surface area contributed by atoms with Gasteiger partial charge in [0.2, 0.25) is 11.8 Å². The standard InChI is InChI=1S/C23H28N2O4/c1-24(12-11-17-9-10-20(28-2)21(13-17)29-3)23(27)19-14-22(26)25(16-19)15-18-7-5-4-6-8-18/h4-10,13,19H,11-12,14-16H2,1-3H3/t19-/m1/s1. The SMILES string of the molecule is COc1ccc(CCN(C)C(=O)[C@@H]2CC(=O)N(Cc3ccccc3)C2)cc1OC. The molecule has 29 heavy (non-hydrogen) atoms. The highest BCUT2D eigenvalue weighted by Crippen LogP contribution is 2.28. The number of hydrogen-bond donors (Lipinski definition) is 0. The fourth-order valence-corrected chi connectivity index (χ4v) is 3.65. The Hall–Kier alpha value is -3.02. The van der Waals surface area contributed by atoms with E-state index >= 15 is 0 Å². The first-order chi connectivity index (χ1) is 14.0. The van der Waals surface area contributed by atoms with Crippen molar-refractivity contribution >= 4 is 11.8 Å². The zero-order valence-corrected chi connectivity index (χ0v) is 17.3. The van der Waals surface area contributed by atoms with Crippen LogP contribution in [0.15, 0.2) is 48.5 Å². The van der Waals surface area contributed by atoms with Gasteiger partial charge in [-0.1, -0.05) is 36.4 Å². The number of carbonyl (C=O) groups is 2. The molecular weight excluding hydrogens is 368 g/mol. The normalized spacial score (nSPS) is 16.0. The molecule has 1 aliphatic rings. The first-order valence-corrected chi connectivity index (χ1v) is 9.79. The number of likely N-dealkylation sites (tertiary alicyclic amines) is 1. The van der Waals surface area contributed by atoms with Crippen LogP contribution in [0, 0.1) is 5.92 Å². The second-order valence-corrected chi connectivity index (χ2v) is 7.36. The lowest BCUT2D eigenvalue weighted by Crippen LogP contribution is -2.35. The Labute approximate surface area is 172 Å². The summed E-state index contributed by atoms with van der Waals surface area (Å²) in [6, 6.07) is 15.6. The average Bonchev–Trinajstić information content (AvgIpc) is 3.12. The minimum absolute atomic E-state index is 0.0226. The van der Waals surface area contributed by atoms with Crippen LogP contribution < -0.4 is 9.47 Å². The summed E-state index contributed by atoms with van der Waals surface area (Å²) in [5.41, 5.74) is 2.14. The lowest BCUT2D eigenvalue weighted by atomic mass is 10.1. The molecule has 3 rings (SSSR count). The van der Waals surface area contributed by atoms with Gasteiger partial charge in [0.15, 0.2) is 11.5 Å². The van der Waals surface area contributed by atoms with Crippen LogP contribution in [0.1, 0.15) is 17.5 Å². The summed E-state index contributed by atoms with van der Waals surface area (Å²) in [7, 11) is 5.01. The molecule has 0 bridgehead atoms. The predicted octanol–water partition coefficient (Wildman–Crippen LogP) is 2.75. The first kappa shape index (κ1) is 20.7. The van der Waals surface area contributed by atoms with Crippen molar-refractivity contribution in [2.75, 3.05) is 34.4 Å². The van der Waals surface area contributed by atoms with E-state index in [9.17, 15) is 9.59 Å². The summed E-state index contributed by atoms with van der Waals surface area (Å²) in [4.78, 5) is 28.7. The second-order valence-electron chi connectivity index (χ2n) is 7.36. The highest BCUT2D eigenvalue weighted by Gasteiger charge is 2.35. The molecule has 0 saturated carbocycles. The molecule has 0 unspecified atom stereocenters. The second kappa shape index (κ2) is 9.45. The Bertz CT molecular complexity index is 853. The molecule has 154 valence electrons. The minimum Gasteiger partial charge on any atom is -0.493 e. The Morgan fingerprint density at radius 3 is 2.48 bits per heavy atom. The lowest BCUT2D eigenvalue weighted by molar-refractivity contribution is -0.134. The van der Waals surface area contributed by atoms with Crippen molar-refractivity contribution in [3.63, 3.8) is 0 Å². The summed E-state index contributed by atoms with van der Waals surface area (Å²) in [6.07, 6.45) is 0.989. The molecule has 1 atom stereocenters. The largest absolute Gasteiger partial charge is 0.493 e. The maximum atomic E-state index is 12.8. The number of ether oxygens (including phenoxy) is 2. The van der Waals surface area contributed by atoms with E-state index in [1.54, 1.807) is 31.1 Å². The van der Waals surface area contributed by atoms with Crippen LogP contribution in [0.3, 0.4) is 0 Å². The third-order valence-electron chi connectivity index (χ3n) is 5.34. The van der Waals surface area contributed by atoms with E-state index in [1.807, 2.05) is 48.5 Å². The molecule has 2 amide bonds. The van der Waals surface area contributed by atoms with E-state index in [2.05, 4.69) is 0 Å². The number of hydrogen-bond acceptors (Lipinski definition) is 4. The van der Waals surface area contributed by atoms with E-state index < -0.39 is 0 Å². The quantitative estimate of drug-likeness (QED) is 0.689. The molecule has 1 heterocycles. The molecule has 6 nitrogen and oxygen atoms in total. The van der Waals surface area contributed by atoms with E-state index in [0.29, 0.717) is 37.6 Å². The molecule has 0 N–H and O–H groups in total. The fraction of sp³-hybridized carbons (Fsp3) is 0.391. The zero-order chi connectivity index (χ0) is 20.8. The summed E-state index contributed by atoms with van der Waals surface area (Å²) < 4.78 is 10.6. The van der Waals surface area contributed by atoms with Crippen molar-refractivity contribution in [3.05, 3.63) is 59.7 Å². The van der Waals surface area contributed by atoms with E-state index in [0.717, 1.165) is 11.1 Å². The van der Waals surface area contributed by atoms with Gasteiger partial charge in [-0.05, 0) is 29.7 Å². The zero-order valence-electron chi connectivity index (χ0n) is 17.3. The van der Waals surface area contributed by atoms with Crippen molar-refractivity contribution in [2.24, 2.45) is 5.92 Å². The molecule has 2 aromatic carbocycles. The van der Waals surface area contributed by atoms with Crippen LogP contribution in [0.4, 0.5) is 0 Å². The van der Waals surface area contributed by atoms with E-state index in [1.165, 1.54) is 0 Å². The summed E-state index contributed by atoms with van der Waals surface area (Å²) in [5.74, 6) is 1.15. The molecule has 0 spiro atoms. The Morgan fingerprint density at radius 2 is 1.79 bits per heavy atom. The van der Waals surface area contributed by atoms with Gasteiger partial charge < -0.3 is 19.3 Å². The predicted molar refractivity (Wildman–Crippen MR) is 111 cm³/mol. The number of nitrogens with zero attached hydrogens (tertiary/aromatic N) is 2. The average molecular weight is 396 g/mol.